The summed E-state index contributed by atoms with van der Waals surface area (Å²) < 4.78 is 10.8. The molecule has 0 aliphatic carbocycles. The molecular weight excluding hydrogens is 304 g/mol. The van der Waals surface area contributed by atoms with E-state index in [-0.39, 0.29) is 18.5 Å². The van der Waals surface area contributed by atoms with E-state index in [4.69, 9.17) is 9.47 Å². The third kappa shape index (κ3) is 13.8. The van der Waals surface area contributed by atoms with Gasteiger partial charge in [0.2, 0.25) is 0 Å². The molecule has 0 aliphatic rings. The Morgan fingerprint density at radius 1 is 0.917 bits per heavy atom. The fraction of sp³-hybridized carbons (Fsp3) is 0.950. The predicted octanol–water partition coefficient (Wildman–Crippen LogP) is 4.73. The lowest BCUT2D eigenvalue weighted by Gasteiger charge is -2.15. The van der Waals surface area contributed by atoms with Crippen molar-refractivity contribution in [1.29, 1.82) is 0 Å². The van der Waals surface area contributed by atoms with Crippen molar-refractivity contribution in [3.63, 3.8) is 0 Å². The molecule has 0 radical (unpaired) electrons. The van der Waals surface area contributed by atoms with Gasteiger partial charge >= 0.3 is 5.97 Å². The normalized spacial score (nSPS) is 15.0. The van der Waals surface area contributed by atoms with Crippen LogP contribution in [0.25, 0.3) is 0 Å². The third-order valence-electron chi connectivity index (χ3n) is 4.36. The first-order valence-corrected chi connectivity index (χ1v) is 9.93. The summed E-state index contributed by atoms with van der Waals surface area (Å²) in [6, 6.07) is 0. The molecule has 0 aromatic carbocycles. The number of hydrogen-bond acceptors (Lipinski definition) is 4. The molecule has 144 valence electrons. The van der Waals surface area contributed by atoms with E-state index >= 15 is 0 Å². The van der Waals surface area contributed by atoms with Gasteiger partial charge in [-0.05, 0) is 25.2 Å². The van der Waals surface area contributed by atoms with Gasteiger partial charge in [0.15, 0.2) is 0 Å². The number of aliphatic hydroxyl groups is 1. The lowest BCUT2D eigenvalue weighted by Crippen LogP contribution is -2.23. The van der Waals surface area contributed by atoms with Gasteiger partial charge in [0, 0.05) is 13.2 Å². The highest BCUT2D eigenvalue weighted by molar-refractivity contribution is 5.71. The molecule has 0 heterocycles. The molecule has 0 fully saturated rings. The van der Waals surface area contributed by atoms with Crippen LogP contribution in [0.15, 0.2) is 0 Å². The van der Waals surface area contributed by atoms with Crippen LogP contribution in [0.5, 0.6) is 0 Å². The molecule has 0 rings (SSSR count). The predicted molar refractivity (Wildman–Crippen MR) is 99.0 cm³/mol. The molecule has 24 heavy (non-hydrogen) atoms. The number of carbonyl (C=O) groups is 1. The van der Waals surface area contributed by atoms with Crippen LogP contribution >= 0.6 is 0 Å². The van der Waals surface area contributed by atoms with Crippen molar-refractivity contribution < 1.29 is 19.4 Å². The molecule has 0 amide bonds. The maximum absolute atomic E-state index is 11.9. The van der Waals surface area contributed by atoms with Crippen LogP contribution < -0.4 is 0 Å². The van der Waals surface area contributed by atoms with Crippen LogP contribution in [-0.2, 0) is 14.3 Å². The highest BCUT2D eigenvalue weighted by atomic mass is 16.5. The van der Waals surface area contributed by atoms with E-state index in [1.54, 1.807) is 0 Å². The SMILES string of the molecule is CCCCCCC(C)C(=O)OCC(O)CCOCC(C)CCCC. The Labute approximate surface area is 149 Å². The van der Waals surface area contributed by atoms with Gasteiger partial charge < -0.3 is 14.6 Å². The maximum Gasteiger partial charge on any atom is 0.308 e. The summed E-state index contributed by atoms with van der Waals surface area (Å²) >= 11 is 0. The molecule has 1 N–H and O–H groups in total. The summed E-state index contributed by atoms with van der Waals surface area (Å²) in [5.74, 6) is 0.290. The Bertz CT molecular complexity index is 293. The maximum atomic E-state index is 11.9. The molecule has 0 aromatic rings. The average Bonchev–Trinajstić information content (AvgIpc) is 2.58. The van der Waals surface area contributed by atoms with Crippen LogP contribution in [0.3, 0.4) is 0 Å². The summed E-state index contributed by atoms with van der Waals surface area (Å²) in [6.07, 6.45) is 9.04. The van der Waals surface area contributed by atoms with Crippen molar-refractivity contribution in [3.05, 3.63) is 0 Å². The lowest BCUT2D eigenvalue weighted by molar-refractivity contribution is -0.151. The number of hydrogen-bond donors (Lipinski definition) is 1. The first kappa shape index (κ1) is 23.4. The first-order valence-electron chi connectivity index (χ1n) is 9.93. The third-order valence-corrected chi connectivity index (χ3v) is 4.36. The van der Waals surface area contributed by atoms with Crippen molar-refractivity contribution in [2.24, 2.45) is 11.8 Å². The minimum absolute atomic E-state index is 0.0763. The van der Waals surface area contributed by atoms with Crippen LogP contribution in [0, 0.1) is 11.8 Å². The molecule has 0 spiro atoms. The second kappa shape index (κ2) is 15.9. The second-order valence-corrected chi connectivity index (χ2v) is 7.15. The van der Waals surface area contributed by atoms with Gasteiger partial charge in [0.25, 0.3) is 0 Å². The second-order valence-electron chi connectivity index (χ2n) is 7.15. The van der Waals surface area contributed by atoms with Gasteiger partial charge in [0.05, 0.1) is 12.0 Å². The van der Waals surface area contributed by atoms with E-state index < -0.39 is 6.10 Å². The van der Waals surface area contributed by atoms with E-state index in [0.29, 0.717) is 18.9 Å². The Morgan fingerprint density at radius 3 is 2.29 bits per heavy atom. The monoisotopic (exact) mass is 344 g/mol. The minimum Gasteiger partial charge on any atom is -0.463 e. The molecule has 0 aliphatic heterocycles. The van der Waals surface area contributed by atoms with Gasteiger partial charge in [-0.15, -0.1) is 0 Å². The first-order chi connectivity index (χ1) is 11.5. The minimum atomic E-state index is -0.632. The number of unbranched alkanes of at least 4 members (excludes halogenated alkanes) is 4. The van der Waals surface area contributed by atoms with Crippen molar-refractivity contribution in [2.45, 2.75) is 91.6 Å². The topological polar surface area (TPSA) is 55.8 Å². The Balaban J connectivity index is 3.62. The van der Waals surface area contributed by atoms with E-state index in [1.807, 2.05) is 6.92 Å². The van der Waals surface area contributed by atoms with E-state index in [9.17, 15) is 9.90 Å². The molecule has 0 aromatic heterocycles. The zero-order chi connectivity index (χ0) is 18.2. The van der Waals surface area contributed by atoms with Crippen molar-refractivity contribution in [3.8, 4) is 0 Å². The van der Waals surface area contributed by atoms with Crippen molar-refractivity contribution >= 4 is 5.97 Å². The number of aliphatic hydroxyl groups excluding tert-OH is 1. The Morgan fingerprint density at radius 2 is 1.62 bits per heavy atom. The van der Waals surface area contributed by atoms with Crippen LogP contribution in [0.4, 0.5) is 0 Å². The van der Waals surface area contributed by atoms with Gasteiger partial charge in [-0.2, -0.15) is 0 Å². The number of carbonyl (C=O) groups excluding carboxylic acids is 1. The Kier molecular flexibility index (Phi) is 15.5. The van der Waals surface area contributed by atoms with Crippen molar-refractivity contribution in [2.75, 3.05) is 19.8 Å². The van der Waals surface area contributed by atoms with E-state index in [0.717, 1.165) is 19.4 Å². The van der Waals surface area contributed by atoms with Gasteiger partial charge in [-0.3, -0.25) is 4.79 Å². The van der Waals surface area contributed by atoms with E-state index in [1.165, 1.54) is 38.5 Å². The molecule has 4 heteroatoms. The molecule has 3 unspecified atom stereocenters. The summed E-state index contributed by atoms with van der Waals surface area (Å²) in [5, 5.41) is 9.88. The molecule has 4 nitrogen and oxygen atoms in total. The zero-order valence-corrected chi connectivity index (χ0v) is 16.4. The van der Waals surface area contributed by atoms with Crippen LogP contribution in [0.1, 0.15) is 85.5 Å². The number of ether oxygens (including phenoxy) is 2. The summed E-state index contributed by atoms with van der Waals surface area (Å²) in [6.45, 7) is 9.79. The van der Waals surface area contributed by atoms with Crippen LogP contribution in [-0.4, -0.2) is 37.0 Å². The highest BCUT2D eigenvalue weighted by Crippen LogP contribution is 2.12. The highest BCUT2D eigenvalue weighted by Gasteiger charge is 2.16. The molecule has 0 saturated heterocycles. The van der Waals surface area contributed by atoms with E-state index in [2.05, 4.69) is 20.8 Å². The average molecular weight is 345 g/mol. The number of esters is 1. The molecule has 3 atom stereocenters. The number of rotatable bonds is 16. The van der Waals surface area contributed by atoms with Crippen LogP contribution in [0.2, 0.25) is 0 Å². The quantitative estimate of drug-likeness (QED) is 0.325. The Hall–Kier alpha value is -0.610. The fourth-order valence-electron chi connectivity index (χ4n) is 2.54. The summed E-state index contributed by atoms with van der Waals surface area (Å²) in [5.41, 5.74) is 0. The largest absolute Gasteiger partial charge is 0.463 e. The molecular formula is C20H40O4. The molecule has 0 saturated carbocycles. The summed E-state index contributed by atoms with van der Waals surface area (Å²) in [4.78, 5) is 11.9. The fourth-order valence-corrected chi connectivity index (χ4v) is 2.54. The zero-order valence-electron chi connectivity index (χ0n) is 16.4. The van der Waals surface area contributed by atoms with Crippen molar-refractivity contribution in [1.82, 2.24) is 0 Å². The van der Waals surface area contributed by atoms with Gasteiger partial charge in [0.1, 0.15) is 6.61 Å². The summed E-state index contributed by atoms with van der Waals surface area (Å²) in [7, 11) is 0. The van der Waals surface area contributed by atoms with Gasteiger partial charge in [-0.1, -0.05) is 66.2 Å². The molecule has 0 bridgehead atoms. The standard InChI is InChI=1S/C20H40O4/c1-5-7-9-10-12-18(4)20(22)24-16-19(21)13-14-23-15-17(3)11-8-6-2/h17-19,21H,5-16H2,1-4H3. The lowest BCUT2D eigenvalue weighted by atomic mass is 10.0. The smallest absolute Gasteiger partial charge is 0.308 e. The van der Waals surface area contributed by atoms with Gasteiger partial charge in [-0.25, -0.2) is 0 Å².